The molecule has 1 heterocycles. The van der Waals surface area contributed by atoms with E-state index in [1.54, 1.807) is 0 Å². The van der Waals surface area contributed by atoms with Crippen molar-refractivity contribution in [2.24, 2.45) is 5.92 Å². The molecule has 1 aliphatic carbocycles. The summed E-state index contributed by atoms with van der Waals surface area (Å²) in [5, 5.41) is 4.61. The molecule has 0 spiro atoms. The van der Waals surface area contributed by atoms with Crippen LogP contribution in [0, 0.1) is 19.8 Å². The van der Waals surface area contributed by atoms with Gasteiger partial charge in [0.2, 0.25) is 0 Å². The highest BCUT2D eigenvalue weighted by Gasteiger charge is 2.33. The summed E-state index contributed by atoms with van der Waals surface area (Å²) in [6.07, 6.45) is 2.64. The second-order valence-corrected chi connectivity index (χ2v) is 5.18. The molecule has 0 bridgehead atoms. The van der Waals surface area contributed by atoms with Gasteiger partial charge in [0.25, 0.3) is 0 Å². The first-order valence-corrected chi connectivity index (χ1v) is 6.37. The van der Waals surface area contributed by atoms with Crippen molar-refractivity contribution < 1.29 is 4.42 Å². The van der Waals surface area contributed by atoms with E-state index in [0.29, 0.717) is 6.04 Å². The summed E-state index contributed by atoms with van der Waals surface area (Å²) in [6, 6.07) is 6.91. The summed E-state index contributed by atoms with van der Waals surface area (Å²) in [5.41, 5.74) is 3.62. The lowest BCUT2D eigenvalue weighted by atomic mass is 10.1. The van der Waals surface area contributed by atoms with Gasteiger partial charge in [0.1, 0.15) is 11.3 Å². The van der Waals surface area contributed by atoms with Crippen LogP contribution in [0.1, 0.15) is 35.8 Å². The molecular weight excluding hydrogens is 210 g/mol. The van der Waals surface area contributed by atoms with Gasteiger partial charge in [-0.05, 0) is 56.8 Å². The molecule has 3 rings (SSSR count). The Labute approximate surface area is 102 Å². The fourth-order valence-corrected chi connectivity index (χ4v) is 2.55. The fraction of sp³-hybridized carbons (Fsp3) is 0.467. The Balaban J connectivity index is 2.09. The van der Waals surface area contributed by atoms with E-state index in [2.05, 4.69) is 37.4 Å². The van der Waals surface area contributed by atoms with Gasteiger partial charge in [-0.3, -0.25) is 0 Å². The standard InChI is InChI=1S/C15H19NO/c1-9-4-5-12-8-13(17-15(12)10(9)2)14(16-3)11-6-7-11/h4-5,8,11,14,16H,6-7H2,1-3H3. The molecule has 0 amide bonds. The van der Waals surface area contributed by atoms with Crippen LogP contribution < -0.4 is 5.32 Å². The molecular formula is C15H19NO. The number of nitrogens with one attached hydrogen (secondary N) is 1. The van der Waals surface area contributed by atoms with E-state index in [4.69, 9.17) is 4.42 Å². The third kappa shape index (κ3) is 1.77. The normalized spacial score (nSPS) is 17.6. The predicted molar refractivity (Wildman–Crippen MR) is 70.2 cm³/mol. The van der Waals surface area contributed by atoms with Gasteiger partial charge in [0, 0.05) is 5.39 Å². The van der Waals surface area contributed by atoms with Crippen molar-refractivity contribution >= 4 is 11.0 Å². The van der Waals surface area contributed by atoms with Gasteiger partial charge in [0.15, 0.2) is 0 Å². The van der Waals surface area contributed by atoms with Crippen molar-refractivity contribution in [3.05, 3.63) is 35.1 Å². The minimum atomic E-state index is 0.391. The summed E-state index contributed by atoms with van der Waals surface area (Å²) < 4.78 is 6.07. The van der Waals surface area contributed by atoms with Gasteiger partial charge < -0.3 is 9.73 Å². The first-order chi connectivity index (χ1) is 8.20. The molecule has 90 valence electrons. The van der Waals surface area contributed by atoms with Crippen LogP contribution in [0.4, 0.5) is 0 Å². The van der Waals surface area contributed by atoms with Crippen molar-refractivity contribution in [3.8, 4) is 0 Å². The maximum atomic E-state index is 6.07. The van der Waals surface area contributed by atoms with Crippen molar-refractivity contribution in [1.29, 1.82) is 0 Å². The molecule has 2 nitrogen and oxygen atoms in total. The van der Waals surface area contributed by atoms with E-state index in [1.807, 2.05) is 7.05 Å². The fourth-order valence-electron chi connectivity index (χ4n) is 2.55. The van der Waals surface area contributed by atoms with E-state index in [-0.39, 0.29) is 0 Å². The van der Waals surface area contributed by atoms with Crippen LogP contribution in [0.25, 0.3) is 11.0 Å². The van der Waals surface area contributed by atoms with Crippen LogP contribution >= 0.6 is 0 Å². The smallest absolute Gasteiger partial charge is 0.137 e. The monoisotopic (exact) mass is 229 g/mol. The molecule has 17 heavy (non-hydrogen) atoms. The number of furan rings is 1. The van der Waals surface area contributed by atoms with Crippen LogP contribution in [0.3, 0.4) is 0 Å². The maximum Gasteiger partial charge on any atom is 0.137 e. The minimum absolute atomic E-state index is 0.391. The summed E-state index contributed by atoms with van der Waals surface area (Å²) >= 11 is 0. The first kappa shape index (κ1) is 10.8. The SMILES string of the molecule is CNC(c1cc2ccc(C)c(C)c2o1)C1CC1. The van der Waals surface area contributed by atoms with Crippen molar-refractivity contribution in [1.82, 2.24) is 5.32 Å². The number of aryl methyl sites for hydroxylation is 2. The molecule has 0 saturated heterocycles. The van der Waals surface area contributed by atoms with E-state index in [9.17, 15) is 0 Å². The molecule has 1 fully saturated rings. The third-order valence-corrected chi connectivity index (χ3v) is 3.94. The van der Waals surface area contributed by atoms with Gasteiger partial charge >= 0.3 is 0 Å². The van der Waals surface area contributed by atoms with Gasteiger partial charge in [-0.1, -0.05) is 12.1 Å². The Morgan fingerprint density at radius 3 is 2.71 bits per heavy atom. The second-order valence-electron chi connectivity index (χ2n) is 5.18. The van der Waals surface area contributed by atoms with E-state index < -0.39 is 0 Å². The zero-order chi connectivity index (χ0) is 12.0. The average molecular weight is 229 g/mol. The molecule has 1 N–H and O–H groups in total. The van der Waals surface area contributed by atoms with Crippen LogP contribution in [-0.2, 0) is 0 Å². The highest BCUT2D eigenvalue weighted by molar-refractivity contribution is 5.82. The molecule has 1 unspecified atom stereocenters. The van der Waals surface area contributed by atoms with Crippen molar-refractivity contribution in [2.45, 2.75) is 32.7 Å². The van der Waals surface area contributed by atoms with Crippen LogP contribution in [0.2, 0.25) is 0 Å². The van der Waals surface area contributed by atoms with Crippen LogP contribution in [0.15, 0.2) is 22.6 Å². The Hall–Kier alpha value is -1.28. The molecule has 0 aliphatic heterocycles. The highest BCUT2D eigenvalue weighted by atomic mass is 16.3. The second kappa shape index (κ2) is 3.88. The van der Waals surface area contributed by atoms with Crippen LogP contribution in [-0.4, -0.2) is 7.05 Å². The van der Waals surface area contributed by atoms with E-state index in [0.717, 1.165) is 17.3 Å². The minimum Gasteiger partial charge on any atom is -0.459 e. The van der Waals surface area contributed by atoms with E-state index >= 15 is 0 Å². The van der Waals surface area contributed by atoms with Crippen molar-refractivity contribution in [3.63, 3.8) is 0 Å². The Bertz CT molecular complexity index is 551. The molecule has 1 aromatic heterocycles. The van der Waals surface area contributed by atoms with Crippen molar-refractivity contribution in [2.75, 3.05) is 7.05 Å². The van der Waals surface area contributed by atoms with Gasteiger partial charge in [0.05, 0.1) is 6.04 Å². The molecule has 0 radical (unpaired) electrons. The number of fused-ring (bicyclic) bond motifs is 1. The zero-order valence-electron chi connectivity index (χ0n) is 10.7. The number of hydrogen-bond acceptors (Lipinski definition) is 2. The van der Waals surface area contributed by atoms with Gasteiger partial charge in [-0.2, -0.15) is 0 Å². The zero-order valence-corrected chi connectivity index (χ0v) is 10.7. The highest BCUT2D eigenvalue weighted by Crippen LogP contribution is 2.42. The third-order valence-electron chi connectivity index (χ3n) is 3.94. The Morgan fingerprint density at radius 2 is 2.06 bits per heavy atom. The number of hydrogen-bond donors (Lipinski definition) is 1. The Kier molecular flexibility index (Phi) is 2.48. The molecule has 1 aliphatic rings. The predicted octanol–water partition coefficient (Wildman–Crippen LogP) is 3.72. The molecule has 1 aromatic carbocycles. The topological polar surface area (TPSA) is 25.2 Å². The summed E-state index contributed by atoms with van der Waals surface area (Å²) in [7, 11) is 2.02. The Morgan fingerprint density at radius 1 is 1.29 bits per heavy atom. The van der Waals surface area contributed by atoms with Crippen LogP contribution in [0.5, 0.6) is 0 Å². The lowest BCUT2D eigenvalue weighted by Gasteiger charge is -2.11. The molecule has 2 aromatic rings. The number of rotatable bonds is 3. The maximum absolute atomic E-state index is 6.07. The number of benzene rings is 1. The van der Waals surface area contributed by atoms with E-state index in [1.165, 1.54) is 29.4 Å². The lowest BCUT2D eigenvalue weighted by molar-refractivity contribution is 0.418. The molecule has 1 saturated carbocycles. The molecule has 2 heteroatoms. The summed E-state index contributed by atoms with van der Waals surface area (Å²) in [5.74, 6) is 1.86. The molecule has 1 atom stereocenters. The summed E-state index contributed by atoms with van der Waals surface area (Å²) in [4.78, 5) is 0. The lowest BCUT2D eigenvalue weighted by Crippen LogP contribution is -2.17. The summed E-state index contributed by atoms with van der Waals surface area (Å²) in [6.45, 7) is 4.27. The first-order valence-electron chi connectivity index (χ1n) is 6.37. The quantitative estimate of drug-likeness (QED) is 0.867. The largest absolute Gasteiger partial charge is 0.459 e. The van der Waals surface area contributed by atoms with Gasteiger partial charge in [-0.15, -0.1) is 0 Å². The van der Waals surface area contributed by atoms with Gasteiger partial charge in [-0.25, -0.2) is 0 Å². The average Bonchev–Trinajstić information content (AvgIpc) is 3.05.